The first-order valence-electron chi connectivity index (χ1n) is 7.39. The van der Waals surface area contributed by atoms with E-state index in [2.05, 4.69) is 6.92 Å². The molecule has 0 amide bonds. The molecule has 0 radical (unpaired) electrons. The molecule has 0 spiro atoms. The Balaban J connectivity index is 3.14. The Morgan fingerprint density at radius 2 is 1.26 bits per heavy atom. The summed E-state index contributed by atoms with van der Waals surface area (Å²) >= 11 is 10.6. The summed E-state index contributed by atoms with van der Waals surface area (Å²) in [7, 11) is 0. The minimum Gasteiger partial charge on any atom is -0.281 e. The Kier molecular flexibility index (Phi) is 12.9. The van der Waals surface area contributed by atoms with Crippen molar-refractivity contribution in [1.82, 2.24) is 0 Å². The highest BCUT2D eigenvalue weighted by Gasteiger charge is 2.06. The molecule has 0 rings (SSSR count). The van der Waals surface area contributed by atoms with Gasteiger partial charge in [-0.25, -0.2) is 0 Å². The van der Waals surface area contributed by atoms with E-state index in [0.717, 1.165) is 19.3 Å². The molecule has 4 heteroatoms. The van der Waals surface area contributed by atoms with Gasteiger partial charge in [-0.05, 0) is 35.5 Å². The molecule has 0 aliphatic rings. The number of carbonyl (C=O) groups excluding carboxylic acids is 2. The quantitative estimate of drug-likeness (QED) is 0.335. The third-order valence-electron chi connectivity index (χ3n) is 3.33. The van der Waals surface area contributed by atoms with Gasteiger partial charge in [0.1, 0.15) is 0 Å². The van der Waals surface area contributed by atoms with E-state index in [1.54, 1.807) is 0 Å². The fourth-order valence-corrected chi connectivity index (χ4v) is 2.59. The molecule has 0 heterocycles. The van der Waals surface area contributed by atoms with Crippen molar-refractivity contribution >= 4 is 33.7 Å². The molecule has 0 saturated heterocycles. The zero-order chi connectivity index (χ0) is 14.5. The minimum atomic E-state index is -0.220. The monoisotopic (exact) mass is 308 g/mol. The SMILES string of the molecule is CC(CCCCCCCCCCC(=O)Cl)CC(=O)Cl. The molecule has 1 unspecified atom stereocenters. The third kappa shape index (κ3) is 15.9. The molecule has 112 valence electrons. The third-order valence-corrected chi connectivity index (χ3v) is 3.67. The van der Waals surface area contributed by atoms with E-state index in [9.17, 15) is 9.59 Å². The molecule has 0 aromatic carbocycles. The van der Waals surface area contributed by atoms with Crippen LogP contribution in [-0.4, -0.2) is 10.5 Å². The van der Waals surface area contributed by atoms with Gasteiger partial charge in [0.2, 0.25) is 10.5 Å². The summed E-state index contributed by atoms with van der Waals surface area (Å²) in [4.78, 5) is 21.2. The molecule has 0 fully saturated rings. The van der Waals surface area contributed by atoms with E-state index < -0.39 is 0 Å². The Bertz CT molecular complexity index is 255. The van der Waals surface area contributed by atoms with Gasteiger partial charge in [0.15, 0.2) is 0 Å². The number of unbranched alkanes of at least 4 members (excludes halogenated alkanes) is 7. The fraction of sp³-hybridized carbons (Fsp3) is 0.867. The van der Waals surface area contributed by atoms with E-state index in [4.69, 9.17) is 23.2 Å². The lowest BCUT2D eigenvalue weighted by Crippen LogP contribution is -1.99. The first-order valence-corrected chi connectivity index (χ1v) is 8.14. The van der Waals surface area contributed by atoms with Crippen molar-refractivity contribution in [2.75, 3.05) is 0 Å². The maximum absolute atomic E-state index is 10.7. The number of halogens is 2. The summed E-state index contributed by atoms with van der Waals surface area (Å²) < 4.78 is 0. The smallest absolute Gasteiger partial charge is 0.221 e. The van der Waals surface area contributed by atoms with Crippen molar-refractivity contribution in [2.24, 2.45) is 5.92 Å². The predicted molar refractivity (Wildman–Crippen MR) is 81.7 cm³/mol. The second-order valence-electron chi connectivity index (χ2n) is 5.39. The highest BCUT2D eigenvalue weighted by Crippen LogP contribution is 2.16. The normalized spacial score (nSPS) is 12.4. The Hall–Kier alpha value is -0.0800. The van der Waals surface area contributed by atoms with Crippen molar-refractivity contribution in [3.8, 4) is 0 Å². The zero-order valence-corrected chi connectivity index (χ0v) is 13.4. The van der Waals surface area contributed by atoms with Crippen LogP contribution < -0.4 is 0 Å². The number of carbonyl (C=O) groups is 2. The van der Waals surface area contributed by atoms with Gasteiger partial charge in [0.05, 0.1) is 0 Å². The second-order valence-corrected chi connectivity index (χ2v) is 6.23. The van der Waals surface area contributed by atoms with Crippen LogP contribution in [0.1, 0.15) is 77.6 Å². The lowest BCUT2D eigenvalue weighted by molar-refractivity contribution is -0.113. The second kappa shape index (κ2) is 12.9. The lowest BCUT2D eigenvalue weighted by atomic mass is 9.99. The maximum atomic E-state index is 10.7. The van der Waals surface area contributed by atoms with E-state index in [1.807, 2.05) is 0 Å². The number of hydrogen-bond donors (Lipinski definition) is 0. The molecule has 0 N–H and O–H groups in total. The van der Waals surface area contributed by atoms with Crippen LogP contribution in [0.5, 0.6) is 0 Å². The van der Waals surface area contributed by atoms with Crippen LogP contribution in [0, 0.1) is 5.92 Å². The van der Waals surface area contributed by atoms with Gasteiger partial charge in [-0.15, -0.1) is 0 Å². The Morgan fingerprint density at radius 3 is 1.74 bits per heavy atom. The first kappa shape index (κ1) is 18.9. The molecule has 0 aliphatic heterocycles. The Labute approximate surface area is 127 Å². The van der Waals surface area contributed by atoms with E-state index in [-0.39, 0.29) is 10.5 Å². The molecule has 0 bridgehead atoms. The molecule has 19 heavy (non-hydrogen) atoms. The maximum Gasteiger partial charge on any atom is 0.221 e. The molecule has 0 aromatic heterocycles. The van der Waals surface area contributed by atoms with Gasteiger partial charge in [-0.2, -0.15) is 0 Å². The van der Waals surface area contributed by atoms with Crippen LogP contribution in [0.25, 0.3) is 0 Å². The molecule has 0 saturated carbocycles. The molecular formula is C15H26Cl2O2. The first-order chi connectivity index (χ1) is 9.02. The van der Waals surface area contributed by atoms with Gasteiger partial charge in [-0.1, -0.05) is 58.3 Å². The van der Waals surface area contributed by atoms with Crippen LogP contribution in [0.2, 0.25) is 0 Å². The number of rotatable bonds is 13. The van der Waals surface area contributed by atoms with Crippen molar-refractivity contribution in [1.29, 1.82) is 0 Å². The molecule has 0 aliphatic carbocycles. The van der Waals surface area contributed by atoms with Gasteiger partial charge in [-0.3, -0.25) is 9.59 Å². The van der Waals surface area contributed by atoms with Crippen molar-refractivity contribution in [3.63, 3.8) is 0 Å². The molecule has 0 aromatic rings. The van der Waals surface area contributed by atoms with Gasteiger partial charge >= 0.3 is 0 Å². The van der Waals surface area contributed by atoms with Crippen molar-refractivity contribution in [2.45, 2.75) is 77.6 Å². The van der Waals surface area contributed by atoms with Crippen LogP contribution in [0.4, 0.5) is 0 Å². The fourth-order valence-electron chi connectivity index (χ4n) is 2.19. The number of hydrogen-bond acceptors (Lipinski definition) is 2. The van der Waals surface area contributed by atoms with Gasteiger partial charge in [0.25, 0.3) is 0 Å². The summed E-state index contributed by atoms with van der Waals surface area (Å²) in [5.74, 6) is 0.415. The van der Waals surface area contributed by atoms with Crippen LogP contribution in [-0.2, 0) is 9.59 Å². The molecular weight excluding hydrogens is 283 g/mol. The highest BCUT2D eigenvalue weighted by molar-refractivity contribution is 6.63. The van der Waals surface area contributed by atoms with E-state index >= 15 is 0 Å². The highest BCUT2D eigenvalue weighted by atomic mass is 35.5. The topological polar surface area (TPSA) is 34.1 Å². The van der Waals surface area contributed by atoms with E-state index in [1.165, 1.54) is 38.5 Å². The Morgan fingerprint density at radius 1 is 0.789 bits per heavy atom. The van der Waals surface area contributed by atoms with Crippen LogP contribution in [0.3, 0.4) is 0 Å². The van der Waals surface area contributed by atoms with Gasteiger partial charge < -0.3 is 0 Å². The summed E-state index contributed by atoms with van der Waals surface area (Å²) in [6.07, 6.45) is 11.5. The predicted octanol–water partition coefficient (Wildman–Crippen LogP) is 5.44. The average Bonchev–Trinajstić information content (AvgIpc) is 2.30. The van der Waals surface area contributed by atoms with E-state index in [0.29, 0.717) is 18.8 Å². The van der Waals surface area contributed by atoms with Crippen molar-refractivity contribution in [3.05, 3.63) is 0 Å². The summed E-state index contributed by atoms with van der Waals surface area (Å²) in [5, 5.41) is -0.438. The largest absolute Gasteiger partial charge is 0.281 e. The molecule has 2 nitrogen and oxygen atoms in total. The zero-order valence-electron chi connectivity index (χ0n) is 11.9. The summed E-state index contributed by atoms with van der Waals surface area (Å²) in [6.45, 7) is 2.08. The average molecular weight is 309 g/mol. The summed E-state index contributed by atoms with van der Waals surface area (Å²) in [5.41, 5.74) is 0. The van der Waals surface area contributed by atoms with Crippen LogP contribution >= 0.6 is 23.2 Å². The van der Waals surface area contributed by atoms with Crippen LogP contribution in [0.15, 0.2) is 0 Å². The lowest BCUT2D eigenvalue weighted by Gasteiger charge is -2.07. The summed E-state index contributed by atoms with van der Waals surface area (Å²) in [6, 6.07) is 0. The molecule has 1 atom stereocenters. The standard InChI is InChI=1S/C15H26Cl2O2/c1-13(12-15(17)19)10-8-6-4-2-3-5-7-9-11-14(16)18/h13H,2-12H2,1H3. The minimum absolute atomic E-state index is 0.218. The van der Waals surface area contributed by atoms with Crippen molar-refractivity contribution < 1.29 is 9.59 Å². The van der Waals surface area contributed by atoms with Gasteiger partial charge in [0, 0.05) is 12.8 Å².